The van der Waals surface area contributed by atoms with Gasteiger partial charge in [-0.1, -0.05) is 152 Å². The van der Waals surface area contributed by atoms with Gasteiger partial charge in [0.15, 0.2) is 0 Å². The van der Waals surface area contributed by atoms with Gasteiger partial charge in [-0.25, -0.2) is 0 Å². The zero-order chi connectivity index (χ0) is 28.5. The van der Waals surface area contributed by atoms with Gasteiger partial charge in [0, 0.05) is 10.9 Å². The summed E-state index contributed by atoms with van der Waals surface area (Å²) in [5.74, 6) is 0.255. The Balaban J connectivity index is 1.59. The molecule has 0 spiro atoms. The second-order valence-corrected chi connectivity index (χ2v) is 12.6. The fraction of sp³-hybridized carbons (Fsp3) is 0.0256. The zero-order valence-corrected chi connectivity index (χ0v) is 23.8. The Morgan fingerprint density at radius 2 is 0.976 bits per heavy atom. The van der Waals surface area contributed by atoms with E-state index in [1.54, 1.807) is 0 Å². The van der Waals surface area contributed by atoms with Crippen LogP contribution in [0.3, 0.4) is 0 Å². The summed E-state index contributed by atoms with van der Waals surface area (Å²) >= 11 is 0. The molecule has 7 rings (SSSR count). The largest absolute Gasteiger partial charge is 0.507 e. The fourth-order valence-electron chi connectivity index (χ4n) is 5.94. The molecule has 0 aliphatic heterocycles. The van der Waals surface area contributed by atoms with Crippen LogP contribution in [0.1, 0.15) is 17.2 Å². The minimum absolute atomic E-state index is 0.255. The number of benzene rings is 7. The zero-order valence-electron chi connectivity index (χ0n) is 22.9. The van der Waals surface area contributed by atoms with E-state index in [-0.39, 0.29) is 5.75 Å². The second-order valence-electron chi connectivity index (χ2n) is 10.4. The number of fused-ring (bicyclic) bond motifs is 2. The Bertz CT molecular complexity index is 1960. The molecule has 0 aliphatic carbocycles. The van der Waals surface area contributed by atoms with Crippen molar-refractivity contribution < 1.29 is 10.2 Å². The van der Waals surface area contributed by atoms with Gasteiger partial charge in [0.05, 0.1) is 0 Å². The summed E-state index contributed by atoms with van der Waals surface area (Å²) in [5, 5.41) is 31.6. The molecule has 2 nitrogen and oxygen atoms in total. The molecule has 0 radical (unpaired) electrons. The van der Waals surface area contributed by atoms with Crippen LogP contribution in [0.15, 0.2) is 158 Å². The normalized spacial score (nSPS) is 12.1. The molecule has 1 atom stereocenters. The number of phenols is 1. The van der Waals surface area contributed by atoms with E-state index in [0.717, 1.165) is 59.7 Å². The minimum Gasteiger partial charge on any atom is -0.507 e. The first-order valence-electron chi connectivity index (χ1n) is 14.1. The van der Waals surface area contributed by atoms with Crippen molar-refractivity contribution in [1.82, 2.24) is 0 Å². The second kappa shape index (κ2) is 11.3. The molecule has 0 fully saturated rings. The van der Waals surface area contributed by atoms with E-state index in [2.05, 4.69) is 84.9 Å². The molecule has 7 aromatic carbocycles. The standard InChI is InChI=1S/C39H29O2P/c40-38(28-15-4-1-5-16-28)34-25-24-27-14-10-12-22-32(27)36(34)37-33-23-13-11-17-29(33)26-35(39(37)41)42(30-18-6-2-7-19-30)31-20-8-3-9-21-31/h1-26,38,40-41H. The third-order valence-corrected chi connectivity index (χ3v) is 10.3. The lowest BCUT2D eigenvalue weighted by atomic mass is 9.86. The molecule has 42 heavy (non-hydrogen) atoms. The third kappa shape index (κ3) is 4.65. The van der Waals surface area contributed by atoms with Crippen LogP contribution >= 0.6 is 7.92 Å². The van der Waals surface area contributed by atoms with E-state index in [9.17, 15) is 10.2 Å². The van der Waals surface area contributed by atoms with Gasteiger partial charge in [0.25, 0.3) is 0 Å². The van der Waals surface area contributed by atoms with E-state index in [1.807, 2.05) is 72.8 Å². The molecular formula is C39H29O2P. The van der Waals surface area contributed by atoms with Crippen molar-refractivity contribution in [3.8, 4) is 16.9 Å². The number of aliphatic hydroxyl groups excluding tert-OH is 1. The summed E-state index contributed by atoms with van der Waals surface area (Å²) < 4.78 is 0. The van der Waals surface area contributed by atoms with Gasteiger partial charge in [-0.05, 0) is 62.8 Å². The molecule has 7 aromatic rings. The maximum Gasteiger partial charge on any atom is 0.132 e. The molecule has 0 aromatic heterocycles. The lowest BCUT2D eigenvalue weighted by molar-refractivity contribution is 0.221. The van der Waals surface area contributed by atoms with E-state index in [4.69, 9.17) is 0 Å². The molecule has 1 unspecified atom stereocenters. The van der Waals surface area contributed by atoms with Crippen LogP contribution in [0, 0.1) is 0 Å². The van der Waals surface area contributed by atoms with Crippen molar-refractivity contribution in [2.24, 2.45) is 0 Å². The molecule has 202 valence electrons. The first kappa shape index (κ1) is 26.2. The number of hydrogen-bond acceptors (Lipinski definition) is 2. The summed E-state index contributed by atoms with van der Waals surface area (Å²) in [6.45, 7) is 0. The highest BCUT2D eigenvalue weighted by molar-refractivity contribution is 7.80. The highest BCUT2D eigenvalue weighted by Crippen LogP contribution is 2.47. The van der Waals surface area contributed by atoms with Crippen LogP contribution in [0.4, 0.5) is 0 Å². The van der Waals surface area contributed by atoms with Gasteiger partial charge in [0.2, 0.25) is 0 Å². The van der Waals surface area contributed by atoms with E-state index >= 15 is 0 Å². The molecule has 0 saturated heterocycles. The minimum atomic E-state index is -1.07. The first-order valence-corrected chi connectivity index (χ1v) is 15.4. The highest BCUT2D eigenvalue weighted by atomic mass is 31.1. The van der Waals surface area contributed by atoms with Gasteiger partial charge < -0.3 is 10.2 Å². The molecule has 0 heterocycles. The number of hydrogen-bond donors (Lipinski definition) is 2. The number of aromatic hydroxyl groups is 1. The van der Waals surface area contributed by atoms with Gasteiger partial charge >= 0.3 is 0 Å². The van der Waals surface area contributed by atoms with Crippen LogP contribution in [0.5, 0.6) is 5.75 Å². The molecule has 2 N–H and O–H groups in total. The van der Waals surface area contributed by atoms with Crippen molar-refractivity contribution in [2.45, 2.75) is 6.10 Å². The lowest BCUT2D eigenvalue weighted by Crippen LogP contribution is -2.21. The smallest absolute Gasteiger partial charge is 0.132 e. The Hall–Kier alpha value is -4.75. The topological polar surface area (TPSA) is 40.5 Å². The first-order chi connectivity index (χ1) is 20.7. The maximum atomic E-state index is 12.5. The van der Waals surface area contributed by atoms with Crippen molar-refractivity contribution in [2.75, 3.05) is 0 Å². The number of rotatable bonds is 6. The predicted molar refractivity (Wildman–Crippen MR) is 178 cm³/mol. The molecule has 3 heteroatoms. The summed E-state index contributed by atoms with van der Waals surface area (Å²) in [6.07, 6.45) is -0.864. The van der Waals surface area contributed by atoms with Crippen LogP contribution in [0.25, 0.3) is 32.7 Å². The van der Waals surface area contributed by atoms with Gasteiger partial charge in [-0.2, -0.15) is 0 Å². The van der Waals surface area contributed by atoms with E-state index in [0.29, 0.717) is 0 Å². The van der Waals surface area contributed by atoms with Crippen molar-refractivity contribution in [3.05, 3.63) is 169 Å². The molecule has 0 amide bonds. The number of phenolic OH excluding ortho intramolecular Hbond substituents is 1. The SMILES string of the molecule is Oc1c(P(c2ccccc2)c2ccccc2)cc2ccccc2c1-c1c(C(O)c2ccccc2)ccc2ccccc12. The van der Waals surface area contributed by atoms with Crippen molar-refractivity contribution >= 4 is 45.4 Å². The monoisotopic (exact) mass is 560 g/mol. The van der Waals surface area contributed by atoms with Gasteiger partial charge in [0.1, 0.15) is 11.9 Å². The third-order valence-electron chi connectivity index (χ3n) is 7.89. The molecular weight excluding hydrogens is 531 g/mol. The summed E-state index contributed by atoms with van der Waals surface area (Å²) in [5.41, 5.74) is 3.19. The van der Waals surface area contributed by atoms with Crippen LogP contribution in [0.2, 0.25) is 0 Å². The van der Waals surface area contributed by atoms with Crippen LogP contribution < -0.4 is 15.9 Å². The lowest BCUT2D eigenvalue weighted by Gasteiger charge is -2.25. The van der Waals surface area contributed by atoms with Gasteiger partial charge in [-0.15, -0.1) is 0 Å². The van der Waals surface area contributed by atoms with Crippen molar-refractivity contribution in [1.29, 1.82) is 0 Å². The number of aliphatic hydroxyl groups is 1. The van der Waals surface area contributed by atoms with Crippen LogP contribution in [-0.4, -0.2) is 10.2 Å². The Kier molecular flexibility index (Phi) is 7.01. The summed E-state index contributed by atoms with van der Waals surface area (Å²) in [6, 6.07) is 53.3. The highest BCUT2D eigenvalue weighted by Gasteiger charge is 2.27. The van der Waals surface area contributed by atoms with E-state index in [1.165, 1.54) is 0 Å². The Labute approximate surface area is 246 Å². The summed E-state index contributed by atoms with van der Waals surface area (Å²) in [7, 11) is -1.07. The molecule has 0 aliphatic rings. The fourth-order valence-corrected chi connectivity index (χ4v) is 8.32. The summed E-state index contributed by atoms with van der Waals surface area (Å²) in [4.78, 5) is 0. The Morgan fingerprint density at radius 3 is 1.60 bits per heavy atom. The maximum absolute atomic E-state index is 12.5. The average Bonchev–Trinajstić information content (AvgIpc) is 3.06. The van der Waals surface area contributed by atoms with E-state index < -0.39 is 14.0 Å². The molecule has 0 saturated carbocycles. The van der Waals surface area contributed by atoms with Crippen molar-refractivity contribution in [3.63, 3.8) is 0 Å². The van der Waals surface area contributed by atoms with Crippen LogP contribution in [-0.2, 0) is 0 Å². The average molecular weight is 561 g/mol. The predicted octanol–water partition coefficient (Wildman–Crippen LogP) is 8.21. The van der Waals surface area contributed by atoms with Gasteiger partial charge in [-0.3, -0.25) is 0 Å². The molecule has 0 bridgehead atoms. The quantitative estimate of drug-likeness (QED) is 0.201. The Morgan fingerprint density at radius 1 is 0.476 bits per heavy atom.